The number of carboxylic acid groups (broad SMARTS) is 1. The van der Waals surface area contributed by atoms with Crippen LogP contribution in [0.1, 0.15) is 46.5 Å². The van der Waals surface area contributed by atoms with E-state index in [-0.39, 0.29) is 18.9 Å². The average molecular weight is 444 g/mol. The minimum absolute atomic E-state index is 0.0267. The second-order valence-corrected chi connectivity index (χ2v) is 8.22. The van der Waals surface area contributed by atoms with E-state index < -0.39 is 66.3 Å². The number of rotatable bonds is 11. The number of aliphatic hydroxyl groups excluding tert-OH is 1. The molecule has 8 N–H and O–H groups in total. The van der Waals surface area contributed by atoms with E-state index in [1.807, 2.05) is 13.8 Å². The number of carboxylic acids is 1. The summed E-state index contributed by atoms with van der Waals surface area (Å²) in [5.41, 5.74) is 10.7. The first-order valence-corrected chi connectivity index (χ1v) is 10.2. The number of nitrogens with two attached hydrogens (primary N) is 2. The van der Waals surface area contributed by atoms with E-state index in [9.17, 15) is 34.2 Å². The lowest BCUT2D eigenvalue weighted by atomic mass is 10.0. The van der Waals surface area contributed by atoms with Gasteiger partial charge in [0.05, 0.1) is 12.5 Å². The Labute approximate surface area is 180 Å². The van der Waals surface area contributed by atoms with Crippen molar-refractivity contribution in [3.05, 3.63) is 0 Å². The quantitative estimate of drug-likeness (QED) is 0.203. The Kier molecular flexibility index (Phi) is 9.85. The van der Waals surface area contributed by atoms with Crippen molar-refractivity contribution in [1.82, 2.24) is 15.5 Å². The average Bonchev–Trinajstić information content (AvgIpc) is 3.14. The molecule has 0 radical (unpaired) electrons. The van der Waals surface area contributed by atoms with Crippen molar-refractivity contribution < 1.29 is 34.2 Å². The maximum absolute atomic E-state index is 13.2. The summed E-state index contributed by atoms with van der Waals surface area (Å²) in [4.78, 5) is 61.7. The van der Waals surface area contributed by atoms with Crippen LogP contribution in [0.15, 0.2) is 0 Å². The first-order valence-electron chi connectivity index (χ1n) is 10.2. The lowest BCUT2D eigenvalue weighted by Crippen LogP contribution is -2.58. The van der Waals surface area contributed by atoms with Gasteiger partial charge in [0.1, 0.15) is 24.2 Å². The number of hydrogen-bond acceptors (Lipinski definition) is 7. The Morgan fingerprint density at radius 2 is 1.71 bits per heavy atom. The molecule has 0 bridgehead atoms. The van der Waals surface area contributed by atoms with Gasteiger partial charge >= 0.3 is 5.97 Å². The van der Waals surface area contributed by atoms with Gasteiger partial charge in [0.2, 0.25) is 23.6 Å². The predicted octanol–water partition coefficient (Wildman–Crippen LogP) is -2.34. The fourth-order valence-electron chi connectivity index (χ4n) is 3.35. The lowest BCUT2D eigenvalue weighted by Gasteiger charge is -2.30. The molecular formula is C19H33N5O7. The normalized spacial score (nSPS) is 19.9. The number of aliphatic hydroxyl groups is 1. The molecule has 0 spiro atoms. The highest BCUT2D eigenvalue weighted by Crippen LogP contribution is 2.21. The van der Waals surface area contributed by atoms with Crippen molar-refractivity contribution in [1.29, 1.82) is 0 Å². The van der Waals surface area contributed by atoms with Crippen molar-refractivity contribution in [2.24, 2.45) is 17.4 Å². The van der Waals surface area contributed by atoms with Gasteiger partial charge in [0.15, 0.2) is 0 Å². The zero-order valence-electron chi connectivity index (χ0n) is 18.0. The molecule has 0 aromatic heterocycles. The molecule has 12 heteroatoms. The molecule has 5 atom stereocenters. The second kappa shape index (κ2) is 11.6. The number of amides is 4. The zero-order valence-corrected chi connectivity index (χ0v) is 18.0. The predicted molar refractivity (Wildman–Crippen MR) is 109 cm³/mol. The summed E-state index contributed by atoms with van der Waals surface area (Å²) in [5.74, 6) is -4.18. The zero-order chi connectivity index (χ0) is 23.9. The number of hydrogen-bond donors (Lipinski definition) is 6. The Morgan fingerprint density at radius 1 is 1.10 bits per heavy atom. The van der Waals surface area contributed by atoms with Crippen LogP contribution in [0.2, 0.25) is 0 Å². The first kappa shape index (κ1) is 26.3. The van der Waals surface area contributed by atoms with E-state index in [1.165, 1.54) is 11.8 Å². The number of primary amides is 1. The summed E-state index contributed by atoms with van der Waals surface area (Å²) < 4.78 is 0. The molecule has 176 valence electrons. The van der Waals surface area contributed by atoms with Crippen LogP contribution in [-0.4, -0.2) is 81.5 Å². The van der Waals surface area contributed by atoms with Crippen LogP contribution >= 0.6 is 0 Å². The molecular weight excluding hydrogens is 410 g/mol. The van der Waals surface area contributed by atoms with E-state index in [2.05, 4.69) is 10.6 Å². The molecule has 1 aliphatic heterocycles. The summed E-state index contributed by atoms with van der Waals surface area (Å²) in [5, 5.41) is 23.5. The molecule has 0 aromatic carbocycles. The fraction of sp³-hybridized carbons (Fsp3) is 0.737. The Morgan fingerprint density at radius 3 is 2.19 bits per heavy atom. The van der Waals surface area contributed by atoms with E-state index in [1.54, 1.807) is 0 Å². The number of nitrogens with one attached hydrogen (secondary N) is 2. The van der Waals surface area contributed by atoms with Gasteiger partial charge in [0.25, 0.3) is 0 Å². The van der Waals surface area contributed by atoms with Crippen molar-refractivity contribution in [3.63, 3.8) is 0 Å². The highest BCUT2D eigenvalue weighted by Gasteiger charge is 2.39. The van der Waals surface area contributed by atoms with Crippen LogP contribution in [0.4, 0.5) is 0 Å². The molecule has 1 saturated heterocycles. The highest BCUT2D eigenvalue weighted by atomic mass is 16.4. The van der Waals surface area contributed by atoms with E-state index in [0.717, 1.165) is 0 Å². The van der Waals surface area contributed by atoms with Gasteiger partial charge in [-0.05, 0) is 32.1 Å². The number of likely N-dealkylation sites (tertiary alicyclic amines) is 1. The van der Waals surface area contributed by atoms with Gasteiger partial charge in [0, 0.05) is 6.54 Å². The Bertz CT molecular complexity index is 697. The van der Waals surface area contributed by atoms with Gasteiger partial charge in [-0.1, -0.05) is 13.8 Å². The summed E-state index contributed by atoms with van der Waals surface area (Å²) in [7, 11) is 0. The third-order valence-electron chi connectivity index (χ3n) is 5.00. The van der Waals surface area contributed by atoms with Gasteiger partial charge in [-0.3, -0.25) is 19.2 Å². The number of carbonyl (C=O) groups is 5. The largest absolute Gasteiger partial charge is 0.480 e. The third-order valence-corrected chi connectivity index (χ3v) is 5.00. The maximum atomic E-state index is 13.2. The summed E-state index contributed by atoms with van der Waals surface area (Å²) in [6, 6.07) is -4.63. The van der Waals surface area contributed by atoms with Crippen molar-refractivity contribution >= 4 is 29.6 Å². The number of carbonyl (C=O) groups excluding carboxylic acids is 4. The van der Waals surface area contributed by atoms with Gasteiger partial charge in [-0.25, -0.2) is 4.79 Å². The van der Waals surface area contributed by atoms with Crippen LogP contribution in [-0.2, 0) is 24.0 Å². The van der Waals surface area contributed by atoms with Crippen LogP contribution in [0.25, 0.3) is 0 Å². The monoisotopic (exact) mass is 443 g/mol. The van der Waals surface area contributed by atoms with Gasteiger partial charge < -0.3 is 37.2 Å². The van der Waals surface area contributed by atoms with Crippen LogP contribution in [0, 0.1) is 5.92 Å². The number of aliphatic carboxylic acids is 1. The Balaban J connectivity index is 2.97. The summed E-state index contributed by atoms with van der Waals surface area (Å²) in [6.07, 6.45) is -0.603. The molecule has 4 amide bonds. The second-order valence-electron chi connectivity index (χ2n) is 8.22. The van der Waals surface area contributed by atoms with E-state index in [4.69, 9.17) is 11.5 Å². The van der Waals surface area contributed by atoms with E-state index >= 15 is 0 Å². The first-order chi connectivity index (χ1) is 14.3. The number of nitrogens with zero attached hydrogens (tertiary/aromatic N) is 1. The van der Waals surface area contributed by atoms with Crippen LogP contribution in [0.5, 0.6) is 0 Å². The molecule has 0 aromatic rings. The molecule has 31 heavy (non-hydrogen) atoms. The van der Waals surface area contributed by atoms with E-state index in [0.29, 0.717) is 12.8 Å². The minimum atomic E-state index is -1.50. The minimum Gasteiger partial charge on any atom is -0.480 e. The molecule has 12 nitrogen and oxygen atoms in total. The van der Waals surface area contributed by atoms with Crippen molar-refractivity contribution in [2.75, 3.05) is 6.54 Å². The smallest absolute Gasteiger partial charge is 0.326 e. The molecule has 1 heterocycles. The fourth-order valence-corrected chi connectivity index (χ4v) is 3.35. The maximum Gasteiger partial charge on any atom is 0.326 e. The van der Waals surface area contributed by atoms with Crippen molar-refractivity contribution in [2.45, 2.75) is 76.7 Å². The van der Waals surface area contributed by atoms with Gasteiger partial charge in [-0.2, -0.15) is 0 Å². The van der Waals surface area contributed by atoms with Crippen LogP contribution < -0.4 is 22.1 Å². The third kappa shape index (κ3) is 7.79. The van der Waals surface area contributed by atoms with Crippen molar-refractivity contribution in [3.8, 4) is 0 Å². The highest BCUT2D eigenvalue weighted by molar-refractivity contribution is 5.95. The molecule has 0 aliphatic carbocycles. The molecule has 5 unspecified atom stereocenters. The summed E-state index contributed by atoms with van der Waals surface area (Å²) in [6.45, 7) is 5.32. The lowest BCUT2D eigenvalue weighted by molar-refractivity contribution is -0.146. The Hall–Kier alpha value is -2.73. The molecule has 1 rings (SSSR count). The standard InChI is InChI=1S/C19H33N5O7/c1-9(2)7-11(22-17(28)15(21)10(3)25)18(29)24-6-4-5-13(24)16(27)23-12(19(30)31)8-14(20)26/h9-13,15,25H,4-8,21H2,1-3H3,(H2,20,26)(H,22,28)(H,23,27)(H,30,31). The molecule has 1 fully saturated rings. The SMILES string of the molecule is CC(C)CC(NC(=O)C(N)C(C)O)C(=O)N1CCCC1C(=O)NC(CC(N)=O)C(=O)O. The van der Waals surface area contributed by atoms with Gasteiger partial charge in [-0.15, -0.1) is 0 Å². The van der Waals surface area contributed by atoms with Crippen LogP contribution in [0.3, 0.4) is 0 Å². The molecule has 1 aliphatic rings. The topological polar surface area (TPSA) is 205 Å². The summed E-state index contributed by atoms with van der Waals surface area (Å²) >= 11 is 0. The molecule has 0 saturated carbocycles.